The molecule has 0 unspecified atom stereocenters. The molecule has 5 nitrogen and oxygen atoms in total. The van der Waals surface area contributed by atoms with Crippen LogP contribution >= 0.6 is 11.3 Å². The molecule has 1 amide bonds. The van der Waals surface area contributed by atoms with Crippen LogP contribution in [0.5, 0.6) is 0 Å². The average Bonchev–Trinajstić information content (AvgIpc) is 3.02. The normalized spacial score (nSPS) is 17.2. The van der Waals surface area contributed by atoms with Gasteiger partial charge in [0.05, 0.1) is 0 Å². The molecule has 25 heavy (non-hydrogen) atoms. The van der Waals surface area contributed by atoms with Crippen molar-refractivity contribution in [3.63, 3.8) is 0 Å². The lowest BCUT2D eigenvalue weighted by atomic mass is 9.97. The van der Waals surface area contributed by atoms with E-state index in [-0.39, 0.29) is 17.0 Å². The van der Waals surface area contributed by atoms with Crippen molar-refractivity contribution in [1.82, 2.24) is 14.7 Å². The molecule has 1 N–H and O–H groups in total. The Kier molecular flexibility index (Phi) is 4.70. The van der Waals surface area contributed by atoms with Crippen molar-refractivity contribution < 1.29 is 4.79 Å². The van der Waals surface area contributed by atoms with Gasteiger partial charge in [0.1, 0.15) is 5.56 Å². The summed E-state index contributed by atoms with van der Waals surface area (Å²) in [6.07, 6.45) is 13.6. The Morgan fingerprint density at radius 2 is 2.04 bits per heavy atom. The summed E-state index contributed by atoms with van der Waals surface area (Å²) in [4.78, 5) is 31.6. The molecular formula is C19H23N3O2S. The minimum Gasteiger partial charge on any atom is -0.351 e. The molecule has 2 aliphatic carbocycles. The first kappa shape index (κ1) is 16.5. The zero-order valence-corrected chi connectivity index (χ0v) is 15.2. The molecular weight excluding hydrogens is 334 g/mol. The van der Waals surface area contributed by atoms with Crippen LogP contribution in [0.15, 0.2) is 22.6 Å². The molecule has 0 fully saturated rings. The highest BCUT2D eigenvalue weighted by atomic mass is 32.1. The van der Waals surface area contributed by atoms with Crippen LogP contribution in [0, 0.1) is 0 Å². The van der Waals surface area contributed by atoms with E-state index in [0.29, 0.717) is 11.5 Å². The fraction of sp³-hybridized carbons (Fsp3) is 0.526. The van der Waals surface area contributed by atoms with Gasteiger partial charge in [-0.25, -0.2) is 4.98 Å². The smallest absolute Gasteiger partial charge is 0.271 e. The van der Waals surface area contributed by atoms with Crippen molar-refractivity contribution in [2.75, 3.05) is 6.54 Å². The molecule has 6 heteroatoms. The van der Waals surface area contributed by atoms with E-state index in [4.69, 9.17) is 0 Å². The van der Waals surface area contributed by atoms with E-state index in [9.17, 15) is 9.59 Å². The maximum absolute atomic E-state index is 12.8. The Morgan fingerprint density at radius 3 is 2.88 bits per heavy atom. The number of nitrogens with zero attached hydrogens (tertiary/aromatic N) is 2. The summed E-state index contributed by atoms with van der Waals surface area (Å²) >= 11 is 1.58. The minimum atomic E-state index is -0.306. The van der Waals surface area contributed by atoms with E-state index >= 15 is 0 Å². The van der Waals surface area contributed by atoms with E-state index in [1.54, 1.807) is 15.7 Å². The molecule has 0 atom stereocenters. The number of allylic oxidation sites excluding steroid dienone is 1. The van der Waals surface area contributed by atoms with Crippen LogP contribution in [0.3, 0.4) is 0 Å². The van der Waals surface area contributed by atoms with Gasteiger partial charge in [-0.15, -0.1) is 11.3 Å². The standard InChI is InChI=1S/C19H23N3O2S/c23-17(20-11-10-13-6-2-1-3-7-13)14-12-21-19-22(18(14)24)15-8-4-5-9-16(15)25-19/h6,12H,1-5,7-11H2,(H,20,23). The second kappa shape index (κ2) is 7.12. The number of carbonyl (C=O) groups is 1. The molecule has 0 aromatic carbocycles. The highest BCUT2D eigenvalue weighted by Gasteiger charge is 2.21. The minimum absolute atomic E-state index is 0.154. The van der Waals surface area contributed by atoms with Crippen molar-refractivity contribution in [2.24, 2.45) is 0 Å². The molecule has 2 aromatic rings. The number of thiazole rings is 1. The Bertz CT molecular complexity index is 894. The van der Waals surface area contributed by atoms with Crippen LogP contribution in [0.4, 0.5) is 0 Å². The SMILES string of the molecule is O=C(NCCC1=CCCCC1)c1cnc2sc3c(n2c1=O)CCCC3. The van der Waals surface area contributed by atoms with Gasteiger partial charge in [-0.05, 0) is 57.8 Å². The van der Waals surface area contributed by atoms with Crippen molar-refractivity contribution in [1.29, 1.82) is 0 Å². The van der Waals surface area contributed by atoms with Gasteiger partial charge in [-0.1, -0.05) is 11.6 Å². The number of rotatable bonds is 4. The maximum Gasteiger partial charge on any atom is 0.271 e. The number of carbonyl (C=O) groups excluding carboxylic acids is 1. The van der Waals surface area contributed by atoms with Gasteiger partial charge in [0.2, 0.25) is 0 Å². The number of hydrogen-bond acceptors (Lipinski definition) is 4. The van der Waals surface area contributed by atoms with Crippen LogP contribution in [0.25, 0.3) is 4.96 Å². The lowest BCUT2D eigenvalue weighted by molar-refractivity contribution is 0.0952. The Labute approximate surface area is 150 Å². The number of amides is 1. The average molecular weight is 357 g/mol. The Morgan fingerprint density at radius 1 is 1.20 bits per heavy atom. The zero-order chi connectivity index (χ0) is 17.2. The number of nitrogens with one attached hydrogen (secondary N) is 1. The summed E-state index contributed by atoms with van der Waals surface area (Å²) in [7, 11) is 0. The summed E-state index contributed by atoms with van der Waals surface area (Å²) in [5, 5.41) is 2.89. The maximum atomic E-state index is 12.8. The molecule has 0 spiro atoms. The van der Waals surface area contributed by atoms with Crippen molar-refractivity contribution in [3.8, 4) is 0 Å². The van der Waals surface area contributed by atoms with Crippen molar-refractivity contribution in [3.05, 3.63) is 44.3 Å². The van der Waals surface area contributed by atoms with Gasteiger partial charge in [0.25, 0.3) is 11.5 Å². The topological polar surface area (TPSA) is 63.5 Å². The fourth-order valence-corrected chi connectivity index (χ4v) is 4.96. The molecule has 0 radical (unpaired) electrons. The molecule has 132 valence electrons. The zero-order valence-electron chi connectivity index (χ0n) is 14.3. The van der Waals surface area contributed by atoms with Gasteiger partial charge in [0.15, 0.2) is 4.96 Å². The number of fused-ring (bicyclic) bond motifs is 3. The first-order chi connectivity index (χ1) is 12.2. The van der Waals surface area contributed by atoms with Crippen molar-refractivity contribution in [2.45, 2.75) is 57.8 Å². The highest BCUT2D eigenvalue weighted by Crippen LogP contribution is 2.28. The first-order valence-corrected chi connectivity index (χ1v) is 10.0. The number of aromatic nitrogens is 2. The summed E-state index contributed by atoms with van der Waals surface area (Å²) in [5.74, 6) is -0.306. The Hall–Kier alpha value is -1.95. The van der Waals surface area contributed by atoms with Crippen LogP contribution in [0.2, 0.25) is 0 Å². The monoisotopic (exact) mass is 357 g/mol. The quantitative estimate of drug-likeness (QED) is 0.854. The van der Waals surface area contributed by atoms with Gasteiger partial charge in [-0.2, -0.15) is 0 Å². The molecule has 4 rings (SSSR count). The fourth-order valence-electron chi connectivity index (χ4n) is 3.79. The number of hydrogen-bond donors (Lipinski definition) is 1. The molecule has 0 saturated carbocycles. The summed E-state index contributed by atoms with van der Waals surface area (Å²) in [5.41, 5.74) is 2.41. The van der Waals surface area contributed by atoms with Gasteiger partial charge in [0, 0.05) is 23.3 Å². The first-order valence-electron chi connectivity index (χ1n) is 9.22. The highest BCUT2D eigenvalue weighted by molar-refractivity contribution is 7.17. The molecule has 0 aliphatic heterocycles. The predicted octanol–water partition coefficient (Wildman–Crippen LogP) is 3.26. The second-order valence-corrected chi connectivity index (χ2v) is 7.95. The molecule has 2 heterocycles. The summed E-state index contributed by atoms with van der Waals surface area (Å²) in [6, 6.07) is 0. The number of aryl methyl sites for hydroxylation is 2. The lowest BCUT2D eigenvalue weighted by Gasteiger charge is -2.13. The molecule has 2 aliphatic rings. The van der Waals surface area contributed by atoms with Crippen LogP contribution in [0.1, 0.15) is 65.9 Å². The summed E-state index contributed by atoms with van der Waals surface area (Å²) in [6.45, 7) is 0.578. The van der Waals surface area contributed by atoms with E-state index < -0.39 is 0 Å². The van der Waals surface area contributed by atoms with Crippen LogP contribution < -0.4 is 10.9 Å². The molecule has 0 saturated heterocycles. The van der Waals surface area contributed by atoms with E-state index in [2.05, 4.69) is 16.4 Å². The Balaban J connectivity index is 1.52. The van der Waals surface area contributed by atoms with Crippen molar-refractivity contribution >= 4 is 22.2 Å². The lowest BCUT2D eigenvalue weighted by Crippen LogP contribution is -2.32. The predicted molar refractivity (Wildman–Crippen MR) is 99.5 cm³/mol. The summed E-state index contributed by atoms with van der Waals surface area (Å²) < 4.78 is 1.66. The third kappa shape index (κ3) is 3.27. The largest absolute Gasteiger partial charge is 0.351 e. The van der Waals surface area contributed by atoms with Gasteiger partial charge >= 0.3 is 0 Å². The van der Waals surface area contributed by atoms with E-state index in [1.165, 1.54) is 29.5 Å². The van der Waals surface area contributed by atoms with Crippen LogP contribution in [-0.2, 0) is 12.8 Å². The third-order valence-corrected chi connectivity index (χ3v) is 6.32. The van der Waals surface area contributed by atoms with Gasteiger partial charge < -0.3 is 5.32 Å². The van der Waals surface area contributed by atoms with E-state index in [1.807, 2.05) is 0 Å². The van der Waals surface area contributed by atoms with Gasteiger partial charge in [-0.3, -0.25) is 14.0 Å². The third-order valence-electron chi connectivity index (χ3n) is 5.16. The van der Waals surface area contributed by atoms with Crippen LogP contribution in [-0.4, -0.2) is 21.8 Å². The molecule has 2 aromatic heterocycles. The molecule has 0 bridgehead atoms. The van der Waals surface area contributed by atoms with E-state index in [0.717, 1.165) is 50.6 Å². The second-order valence-electron chi connectivity index (χ2n) is 6.89.